The molecule has 42 heavy (non-hydrogen) atoms. The first-order valence-corrected chi connectivity index (χ1v) is 14.2. The van der Waals surface area contributed by atoms with Crippen LogP contribution in [0.3, 0.4) is 0 Å². The minimum atomic E-state index is -0.497. The van der Waals surface area contributed by atoms with E-state index in [1.165, 1.54) is 0 Å². The number of aromatic nitrogens is 1. The molecule has 0 aliphatic rings. The van der Waals surface area contributed by atoms with Gasteiger partial charge in [-0.05, 0) is 87.2 Å². The average Bonchev–Trinajstić information content (AvgIpc) is 3.40. The number of carbonyl (C=O) groups excluding carboxylic acids is 2. The molecule has 1 atom stereocenters. The van der Waals surface area contributed by atoms with Crippen LogP contribution in [0.15, 0.2) is 72.9 Å². The van der Waals surface area contributed by atoms with E-state index >= 15 is 0 Å². The van der Waals surface area contributed by atoms with Gasteiger partial charge in [0.05, 0.1) is 24.3 Å². The number of aliphatic hydroxyl groups is 2. The van der Waals surface area contributed by atoms with Gasteiger partial charge in [0.25, 0.3) is 11.8 Å². The Bertz CT molecular complexity index is 1560. The molecule has 2 amide bonds. The molecule has 3 aromatic carbocycles. The molecule has 4 rings (SSSR count). The molecule has 1 aromatic heterocycles. The lowest BCUT2D eigenvalue weighted by atomic mass is 10.0. The maximum absolute atomic E-state index is 13.4. The fourth-order valence-electron chi connectivity index (χ4n) is 4.52. The highest BCUT2D eigenvalue weighted by atomic mass is 16.5. The van der Waals surface area contributed by atoms with Gasteiger partial charge in [0.15, 0.2) is 0 Å². The topological polar surface area (TPSA) is 124 Å². The number of para-hydroxylation sites is 1. The Hall–Kier alpha value is -4.58. The molecule has 0 aliphatic carbocycles. The number of aliphatic hydroxyl groups excluding tert-OH is 2. The molecule has 8 heteroatoms. The second kappa shape index (κ2) is 14.9. The molecule has 0 fully saturated rings. The second-order valence-electron chi connectivity index (χ2n) is 10.3. The Morgan fingerprint density at radius 3 is 2.40 bits per heavy atom. The van der Waals surface area contributed by atoms with Gasteiger partial charge < -0.3 is 30.6 Å². The van der Waals surface area contributed by atoms with E-state index in [4.69, 9.17) is 9.84 Å². The number of unbranched alkanes of at least 4 members (excludes halogenated alkanes) is 1. The van der Waals surface area contributed by atoms with Crippen molar-refractivity contribution >= 4 is 22.7 Å². The monoisotopic (exact) mass is 567 g/mol. The number of benzene rings is 3. The number of nitrogens with one attached hydrogen (secondary N) is 3. The Kier molecular flexibility index (Phi) is 10.8. The predicted octanol–water partition coefficient (Wildman–Crippen LogP) is 4.19. The Labute approximate surface area is 246 Å². The third-order valence-corrected chi connectivity index (χ3v) is 6.65. The van der Waals surface area contributed by atoms with Gasteiger partial charge in [-0.15, -0.1) is 0 Å². The molecule has 0 spiro atoms. The zero-order chi connectivity index (χ0) is 29.9. The highest BCUT2D eigenvalue weighted by molar-refractivity contribution is 5.97. The van der Waals surface area contributed by atoms with Crippen LogP contribution in [-0.2, 0) is 6.42 Å². The fourth-order valence-corrected chi connectivity index (χ4v) is 4.52. The van der Waals surface area contributed by atoms with Crippen LogP contribution in [0.5, 0.6) is 5.75 Å². The van der Waals surface area contributed by atoms with Gasteiger partial charge in [0.1, 0.15) is 5.75 Å². The van der Waals surface area contributed by atoms with Gasteiger partial charge >= 0.3 is 0 Å². The lowest BCUT2D eigenvalue weighted by Gasteiger charge is -2.19. The first kappa shape index (κ1) is 30.4. The van der Waals surface area contributed by atoms with E-state index in [-0.39, 0.29) is 31.1 Å². The van der Waals surface area contributed by atoms with Crippen molar-refractivity contribution in [1.82, 2.24) is 15.6 Å². The number of fused-ring (bicyclic) bond motifs is 1. The van der Waals surface area contributed by atoms with E-state index in [0.717, 1.165) is 28.5 Å². The van der Waals surface area contributed by atoms with E-state index in [9.17, 15) is 14.7 Å². The van der Waals surface area contributed by atoms with Crippen LogP contribution in [0.2, 0.25) is 0 Å². The maximum Gasteiger partial charge on any atom is 0.255 e. The highest BCUT2D eigenvalue weighted by Gasteiger charge is 2.19. The van der Waals surface area contributed by atoms with Gasteiger partial charge in [0, 0.05) is 46.9 Å². The van der Waals surface area contributed by atoms with Crippen molar-refractivity contribution in [3.05, 3.63) is 101 Å². The van der Waals surface area contributed by atoms with Gasteiger partial charge in [-0.2, -0.15) is 0 Å². The molecule has 0 bridgehead atoms. The Morgan fingerprint density at radius 1 is 0.929 bits per heavy atom. The van der Waals surface area contributed by atoms with Crippen LogP contribution >= 0.6 is 0 Å². The molecule has 0 aliphatic heterocycles. The van der Waals surface area contributed by atoms with Crippen LogP contribution < -0.4 is 15.4 Å². The van der Waals surface area contributed by atoms with Gasteiger partial charge in [-0.1, -0.05) is 30.0 Å². The zero-order valence-corrected chi connectivity index (χ0v) is 23.9. The number of amides is 2. The van der Waals surface area contributed by atoms with Crippen LogP contribution in [0.25, 0.3) is 10.9 Å². The zero-order valence-electron chi connectivity index (χ0n) is 23.9. The van der Waals surface area contributed by atoms with Gasteiger partial charge in [-0.3, -0.25) is 9.59 Å². The summed E-state index contributed by atoms with van der Waals surface area (Å²) in [6.45, 7) is 4.18. The normalized spacial score (nSPS) is 11.5. The molecule has 0 unspecified atom stereocenters. The van der Waals surface area contributed by atoms with Crippen molar-refractivity contribution in [2.45, 2.75) is 45.3 Å². The van der Waals surface area contributed by atoms with E-state index < -0.39 is 6.04 Å². The van der Waals surface area contributed by atoms with Gasteiger partial charge in [-0.25, -0.2) is 0 Å². The molecular formula is C34H37N3O5. The summed E-state index contributed by atoms with van der Waals surface area (Å²) in [6.07, 6.45) is 3.59. The lowest BCUT2D eigenvalue weighted by Crippen LogP contribution is -2.39. The molecule has 4 aromatic rings. The van der Waals surface area contributed by atoms with Crippen molar-refractivity contribution in [1.29, 1.82) is 0 Å². The molecule has 1 heterocycles. The summed E-state index contributed by atoms with van der Waals surface area (Å²) >= 11 is 0. The van der Waals surface area contributed by atoms with Crippen LogP contribution in [0.1, 0.15) is 64.1 Å². The molecule has 0 saturated carbocycles. The van der Waals surface area contributed by atoms with E-state index in [1.54, 1.807) is 42.5 Å². The van der Waals surface area contributed by atoms with Crippen LogP contribution in [0, 0.1) is 11.8 Å². The summed E-state index contributed by atoms with van der Waals surface area (Å²) in [6, 6.07) is 19.6. The number of rotatable bonds is 12. The number of carbonyl (C=O) groups is 2. The third kappa shape index (κ3) is 8.23. The molecule has 0 saturated heterocycles. The number of hydrogen-bond acceptors (Lipinski definition) is 5. The fraction of sp³-hybridized carbons (Fsp3) is 0.294. The van der Waals surface area contributed by atoms with E-state index in [2.05, 4.69) is 27.5 Å². The van der Waals surface area contributed by atoms with Crippen LogP contribution in [-0.4, -0.2) is 58.9 Å². The molecule has 0 radical (unpaired) electrons. The summed E-state index contributed by atoms with van der Waals surface area (Å²) in [7, 11) is 0. The predicted molar refractivity (Wildman–Crippen MR) is 164 cm³/mol. The minimum absolute atomic E-state index is 0.109. The Morgan fingerprint density at radius 2 is 1.67 bits per heavy atom. The van der Waals surface area contributed by atoms with E-state index in [0.29, 0.717) is 41.8 Å². The van der Waals surface area contributed by atoms with Crippen molar-refractivity contribution in [2.75, 3.05) is 19.8 Å². The molecule has 5 N–H and O–H groups in total. The van der Waals surface area contributed by atoms with Gasteiger partial charge in [0.2, 0.25) is 0 Å². The van der Waals surface area contributed by atoms with E-state index in [1.807, 2.05) is 44.3 Å². The minimum Gasteiger partial charge on any atom is -0.490 e. The first-order chi connectivity index (χ1) is 20.4. The number of aromatic amines is 1. The largest absolute Gasteiger partial charge is 0.490 e. The summed E-state index contributed by atoms with van der Waals surface area (Å²) in [5.74, 6) is 6.09. The number of ether oxygens (including phenoxy) is 1. The smallest absolute Gasteiger partial charge is 0.255 e. The summed E-state index contributed by atoms with van der Waals surface area (Å²) in [5.41, 5.74) is 4.22. The number of hydrogen-bond donors (Lipinski definition) is 5. The maximum atomic E-state index is 13.4. The number of H-pyrrole nitrogens is 1. The quantitative estimate of drug-likeness (QED) is 0.130. The molecular weight excluding hydrogens is 530 g/mol. The molecule has 8 nitrogen and oxygen atoms in total. The average molecular weight is 568 g/mol. The van der Waals surface area contributed by atoms with Crippen LogP contribution in [0.4, 0.5) is 0 Å². The van der Waals surface area contributed by atoms with Crippen molar-refractivity contribution < 1.29 is 24.5 Å². The SMILES string of the molecule is CC(C)Oc1ccc(C#Cc2ccc(C(=O)NCCCCO)cc2)cc1C(=O)N[C@@H](CO)Cc1c[nH]c2ccccc12. The summed E-state index contributed by atoms with van der Waals surface area (Å²) < 4.78 is 5.91. The summed E-state index contributed by atoms with van der Waals surface area (Å²) in [5, 5.41) is 25.8. The Balaban J connectivity index is 1.48. The van der Waals surface area contributed by atoms with Crippen molar-refractivity contribution in [3.8, 4) is 17.6 Å². The van der Waals surface area contributed by atoms with Crippen molar-refractivity contribution in [3.63, 3.8) is 0 Å². The first-order valence-electron chi connectivity index (χ1n) is 14.2. The standard InChI is InChI=1S/C34H37N3O5/c1-23(2)42-32-16-13-25(10-9-24-11-14-26(15-12-24)33(40)35-17-5-6-18-38)19-30(32)34(41)37-28(22-39)20-27-21-36-31-8-4-3-7-29(27)31/h3-4,7-8,11-16,19,21,23,28,36,38-39H,5-6,17-18,20,22H2,1-2H3,(H,35,40)(H,37,41)/t28-/m1/s1. The highest BCUT2D eigenvalue weighted by Crippen LogP contribution is 2.23. The lowest BCUT2D eigenvalue weighted by molar-refractivity contribution is 0.0909. The third-order valence-electron chi connectivity index (χ3n) is 6.65. The second-order valence-corrected chi connectivity index (χ2v) is 10.3. The molecule has 218 valence electrons. The summed E-state index contributed by atoms with van der Waals surface area (Å²) in [4.78, 5) is 28.9. The van der Waals surface area contributed by atoms with Crippen molar-refractivity contribution in [2.24, 2.45) is 0 Å².